The van der Waals surface area contributed by atoms with Crippen LogP contribution in [0.5, 0.6) is 0 Å². The number of carbonyl (C=O) groups is 1. The van der Waals surface area contributed by atoms with Crippen LogP contribution in [0.3, 0.4) is 0 Å². The maximum absolute atomic E-state index is 12.8. The van der Waals surface area contributed by atoms with Gasteiger partial charge in [-0.15, -0.1) is 0 Å². The predicted octanol–water partition coefficient (Wildman–Crippen LogP) is 4.05. The smallest absolute Gasteiger partial charge is 0.267 e. The molecule has 26 heavy (non-hydrogen) atoms. The summed E-state index contributed by atoms with van der Waals surface area (Å²) >= 11 is 0. The van der Waals surface area contributed by atoms with Crippen molar-refractivity contribution in [3.05, 3.63) is 96.1 Å². The Morgan fingerprint density at radius 1 is 0.885 bits per heavy atom. The number of hydrazine groups is 1. The molecule has 0 aliphatic heterocycles. The van der Waals surface area contributed by atoms with Gasteiger partial charge < -0.3 is 0 Å². The molecule has 1 atom stereocenters. The van der Waals surface area contributed by atoms with E-state index in [2.05, 4.69) is 5.43 Å². The molecule has 3 aromatic carbocycles. The molecule has 4 nitrogen and oxygen atoms in total. The third kappa shape index (κ3) is 4.58. The van der Waals surface area contributed by atoms with Crippen LogP contribution < -0.4 is 10.4 Å². The first kappa shape index (κ1) is 17.9. The zero-order valence-corrected chi connectivity index (χ0v) is 15.3. The molecule has 0 spiro atoms. The van der Waals surface area contributed by atoms with Gasteiger partial charge in [0.15, 0.2) is 0 Å². The Bertz CT molecular complexity index is 859. The molecule has 0 saturated carbocycles. The summed E-state index contributed by atoms with van der Waals surface area (Å²) in [5.41, 5.74) is 6.09. The molecule has 0 bridgehead atoms. The summed E-state index contributed by atoms with van der Waals surface area (Å²) in [4.78, 5) is 12.8. The van der Waals surface area contributed by atoms with Crippen LogP contribution in [-0.4, -0.2) is 16.4 Å². The van der Waals surface area contributed by atoms with Crippen molar-refractivity contribution in [1.29, 1.82) is 0 Å². The lowest BCUT2D eigenvalue weighted by Gasteiger charge is -2.25. The number of para-hydroxylation sites is 2. The van der Waals surface area contributed by atoms with Crippen molar-refractivity contribution in [3.8, 4) is 0 Å². The first-order valence-corrected chi connectivity index (χ1v) is 9.96. The highest BCUT2D eigenvalue weighted by molar-refractivity contribution is 7.83. The summed E-state index contributed by atoms with van der Waals surface area (Å²) in [6.07, 6.45) is 1.65. The summed E-state index contributed by atoms with van der Waals surface area (Å²) in [5, 5.41) is 1.76. The van der Waals surface area contributed by atoms with E-state index in [0.29, 0.717) is 11.3 Å². The summed E-state index contributed by atoms with van der Waals surface area (Å²) in [6.45, 7) is 0. The van der Waals surface area contributed by atoms with E-state index in [1.54, 1.807) is 23.4 Å². The third-order valence-corrected chi connectivity index (χ3v) is 4.54. The van der Waals surface area contributed by atoms with Gasteiger partial charge in [0, 0.05) is 28.4 Å². The van der Waals surface area contributed by atoms with Crippen LogP contribution in [-0.2, 0) is 16.6 Å². The Kier molecular flexibility index (Phi) is 5.81. The summed E-state index contributed by atoms with van der Waals surface area (Å²) in [5.74, 6) is 0.212. The fourth-order valence-electron chi connectivity index (χ4n) is 2.64. The van der Waals surface area contributed by atoms with Crippen LogP contribution in [0.2, 0.25) is 0 Å². The largest absolute Gasteiger partial charge is 0.270 e. The van der Waals surface area contributed by atoms with E-state index in [0.717, 1.165) is 16.9 Å². The number of rotatable bonds is 6. The van der Waals surface area contributed by atoms with Crippen molar-refractivity contribution in [2.24, 2.45) is 0 Å². The van der Waals surface area contributed by atoms with Gasteiger partial charge in [0.2, 0.25) is 0 Å². The minimum atomic E-state index is -0.950. The van der Waals surface area contributed by atoms with Crippen molar-refractivity contribution < 1.29 is 9.00 Å². The molecule has 1 amide bonds. The number of hydrogen-bond acceptors (Lipinski definition) is 3. The molecule has 3 aromatic rings. The molecule has 0 unspecified atom stereocenters. The average Bonchev–Trinajstić information content (AvgIpc) is 2.67. The van der Waals surface area contributed by atoms with E-state index in [9.17, 15) is 9.00 Å². The minimum absolute atomic E-state index is 0.221. The van der Waals surface area contributed by atoms with Crippen LogP contribution in [0, 0.1) is 0 Å². The van der Waals surface area contributed by atoms with E-state index in [1.807, 2.05) is 72.8 Å². The Morgan fingerprint density at radius 3 is 2.00 bits per heavy atom. The highest BCUT2D eigenvalue weighted by atomic mass is 32.2. The second-order valence-corrected chi connectivity index (χ2v) is 7.30. The number of carbonyl (C=O) groups excluding carboxylic acids is 1. The second-order valence-electron chi connectivity index (χ2n) is 5.87. The van der Waals surface area contributed by atoms with Crippen molar-refractivity contribution in [2.45, 2.75) is 5.75 Å². The fourth-order valence-corrected chi connectivity index (χ4v) is 3.28. The number of nitrogens with zero attached hydrogens (tertiary/aromatic N) is 1. The van der Waals surface area contributed by atoms with Gasteiger partial charge in [-0.3, -0.25) is 19.4 Å². The third-order valence-electron chi connectivity index (χ3n) is 3.80. The topological polar surface area (TPSA) is 49.4 Å². The quantitative estimate of drug-likeness (QED) is 0.672. The minimum Gasteiger partial charge on any atom is -0.267 e. The standard InChI is InChI=1S/C21H20N2O2S/c1-26(25)16-17-9-8-10-18(15-17)21(24)22-23(19-11-4-2-5-12-19)20-13-6-3-7-14-20/h2-15H,16H2,1H3,(H,22,24)/t26-/m1/s1. The highest BCUT2D eigenvalue weighted by Crippen LogP contribution is 2.23. The van der Waals surface area contributed by atoms with Gasteiger partial charge >= 0.3 is 0 Å². The number of amides is 1. The second kappa shape index (κ2) is 8.45. The lowest BCUT2D eigenvalue weighted by Crippen LogP contribution is -2.38. The van der Waals surface area contributed by atoms with Gasteiger partial charge in [0.25, 0.3) is 5.91 Å². The van der Waals surface area contributed by atoms with Crippen LogP contribution in [0.15, 0.2) is 84.9 Å². The molecular formula is C21H20N2O2S. The molecule has 0 aliphatic carbocycles. The molecule has 0 heterocycles. The molecule has 1 N–H and O–H groups in total. The Balaban J connectivity index is 1.88. The molecule has 3 rings (SSSR count). The first-order chi connectivity index (χ1) is 12.6. The Hall–Kier alpha value is -2.92. The van der Waals surface area contributed by atoms with E-state index < -0.39 is 10.8 Å². The van der Waals surface area contributed by atoms with Crippen LogP contribution >= 0.6 is 0 Å². The summed E-state index contributed by atoms with van der Waals surface area (Å²) < 4.78 is 11.4. The van der Waals surface area contributed by atoms with Gasteiger partial charge in [-0.1, -0.05) is 48.5 Å². The van der Waals surface area contributed by atoms with Gasteiger partial charge in [-0.2, -0.15) is 0 Å². The molecule has 132 valence electrons. The van der Waals surface area contributed by atoms with Gasteiger partial charge in [-0.05, 0) is 42.0 Å². The zero-order chi connectivity index (χ0) is 18.4. The van der Waals surface area contributed by atoms with Crippen LogP contribution in [0.25, 0.3) is 0 Å². The summed E-state index contributed by atoms with van der Waals surface area (Å²) in [7, 11) is -0.950. The van der Waals surface area contributed by atoms with Crippen molar-refractivity contribution in [2.75, 3.05) is 11.3 Å². The molecule has 0 aromatic heterocycles. The van der Waals surface area contributed by atoms with Crippen molar-refractivity contribution in [3.63, 3.8) is 0 Å². The van der Waals surface area contributed by atoms with Gasteiger partial charge in [0.1, 0.15) is 0 Å². The number of nitrogens with one attached hydrogen (secondary N) is 1. The highest BCUT2D eigenvalue weighted by Gasteiger charge is 2.14. The fraction of sp³-hybridized carbons (Fsp3) is 0.0952. The average molecular weight is 364 g/mol. The Morgan fingerprint density at radius 2 is 1.46 bits per heavy atom. The van der Waals surface area contributed by atoms with Crippen LogP contribution in [0.4, 0.5) is 11.4 Å². The molecule has 0 radical (unpaired) electrons. The Labute approximate surface area is 155 Å². The SMILES string of the molecule is C[S@@](=O)Cc1cccc(C(=O)NN(c2ccccc2)c2ccccc2)c1. The predicted molar refractivity (Wildman–Crippen MR) is 107 cm³/mol. The summed E-state index contributed by atoms with van der Waals surface area (Å²) in [6, 6.07) is 26.5. The zero-order valence-electron chi connectivity index (χ0n) is 14.5. The first-order valence-electron chi connectivity index (χ1n) is 8.23. The number of hydrogen-bond donors (Lipinski definition) is 1. The monoisotopic (exact) mass is 364 g/mol. The maximum atomic E-state index is 12.8. The molecule has 5 heteroatoms. The molecule has 0 saturated heterocycles. The van der Waals surface area contributed by atoms with Gasteiger partial charge in [-0.25, -0.2) is 0 Å². The van der Waals surface area contributed by atoms with E-state index in [-0.39, 0.29) is 5.91 Å². The van der Waals surface area contributed by atoms with E-state index in [4.69, 9.17) is 0 Å². The van der Waals surface area contributed by atoms with Crippen molar-refractivity contribution >= 4 is 28.1 Å². The number of benzene rings is 3. The normalized spacial score (nSPS) is 11.6. The lowest BCUT2D eigenvalue weighted by molar-refractivity contribution is 0.0953. The molecule has 0 aliphatic rings. The maximum Gasteiger partial charge on any atom is 0.270 e. The molecule has 0 fully saturated rings. The van der Waals surface area contributed by atoms with E-state index in [1.165, 1.54) is 0 Å². The van der Waals surface area contributed by atoms with Crippen molar-refractivity contribution in [1.82, 2.24) is 5.43 Å². The number of anilines is 2. The lowest BCUT2D eigenvalue weighted by atomic mass is 10.1. The van der Waals surface area contributed by atoms with Crippen LogP contribution in [0.1, 0.15) is 15.9 Å². The van der Waals surface area contributed by atoms with E-state index >= 15 is 0 Å². The molecular weight excluding hydrogens is 344 g/mol. The van der Waals surface area contributed by atoms with Gasteiger partial charge in [0.05, 0.1) is 11.4 Å².